The van der Waals surface area contributed by atoms with Gasteiger partial charge in [-0.2, -0.15) is 4.98 Å². The molecule has 0 aliphatic carbocycles. The van der Waals surface area contributed by atoms with Crippen molar-refractivity contribution >= 4 is 39.1 Å². The van der Waals surface area contributed by atoms with Crippen LogP contribution in [0, 0.1) is 6.92 Å². The number of benzene rings is 2. The van der Waals surface area contributed by atoms with Gasteiger partial charge in [0.25, 0.3) is 5.91 Å². The molecule has 0 bridgehead atoms. The van der Waals surface area contributed by atoms with E-state index in [0.717, 1.165) is 40.8 Å². The molecule has 1 aliphatic heterocycles. The molecule has 0 saturated carbocycles. The Morgan fingerprint density at radius 3 is 2.65 bits per heavy atom. The van der Waals surface area contributed by atoms with Crippen LogP contribution in [0.15, 0.2) is 48.7 Å². The number of fused-ring (bicyclic) bond motifs is 2. The van der Waals surface area contributed by atoms with E-state index in [1.807, 2.05) is 49.4 Å². The quantitative estimate of drug-likeness (QED) is 0.481. The summed E-state index contributed by atoms with van der Waals surface area (Å²) in [5.41, 5.74) is 4.60. The molecule has 8 nitrogen and oxygen atoms in total. The molecule has 174 valence electrons. The van der Waals surface area contributed by atoms with E-state index in [9.17, 15) is 4.79 Å². The predicted octanol–water partition coefficient (Wildman–Crippen LogP) is 3.93. The lowest BCUT2D eigenvalue weighted by Gasteiger charge is -2.38. The van der Waals surface area contributed by atoms with Crippen LogP contribution in [0.25, 0.3) is 21.8 Å². The number of hydrogen-bond acceptors (Lipinski definition) is 7. The summed E-state index contributed by atoms with van der Waals surface area (Å²) in [6.45, 7) is 8.03. The SMILES string of the molecule is COc1ncc2c(N3C[C@@H](C)N[C@H](C)C3)ccc(C(=O)Nc3ccc4nc(C)ccc4c3)c2n1. The van der Waals surface area contributed by atoms with Gasteiger partial charge in [0.2, 0.25) is 0 Å². The summed E-state index contributed by atoms with van der Waals surface area (Å²) in [5, 5.41) is 8.37. The summed E-state index contributed by atoms with van der Waals surface area (Å²) in [5.74, 6) is -0.237. The minimum absolute atomic E-state index is 0.230. The highest BCUT2D eigenvalue weighted by Gasteiger charge is 2.24. The molecule has 3 heterocycles. The summed E-state index contributed by atoms with van der Waals surface area (Å²) in [6, 6.07) is 14.4. The maximum absolute atomic E-state index is 13.4. The van der Waals surface area contributed by atoms with E-state index >= 15 is 0 Å². The van der Waals surface area contributed by atoms with Gasteiger partial charge in [-0.25, -0.2) is 4.98 Å². The third kappa shape index (κ3) is 4.24. The first-order valence-corrected chi connectivity index (χ1v) is 11.4. The molecule has 8 heteroatoms. The summed E-state index contributed by atoms with van der Waals surface area (Å²) >= 11 is 0. The number of anilines is 2. The molecule has 5 rings (SSSR count). The smallest absolute Gasteiger partial charge is 0.316 e. The molecule has 1 fully saturated rings. The maximum atomic E-state index is 13.4. The number of hydrogen-bond donors (Lipinski definition) is 2. The van der Waals surface area contributed by atoms with E-state index in [-0.39, 0.29) is 11.9 Å². The van der Waals surface area contributed by atoms with E-state index in [0.29, 0.717) is 28.9 Å². The molecule has 1 amide bonds. The first-order chi connectivity index (χ1) is 16.4. The van der Waals surface area contributed by atoms with Gasteiger partial charge in [0, 0.05) is 59.2 Å². The highest BCUT2D eigenvalue weighted by atomic mass is 16.5. The molecule has 34 heavy (non-hydrogen) atoms. The highest BCUT2D eigenvalue weighted by Crippen LogP contribution is 2.31. The molecule has 4 aromatic rings. The standard InChI is InChI=1S/C26H28N6O2/c1-15-5-6-18-11-19(7-9-22(18)29-15)30-25(33)20-8-10-23(32-13-16(2)28-17(3)14-32)21-12-27-26(34-4)31-24(20)21/h5-12,16-17,28H,13-14H2,1-4H3,(H,30,33)/t16-,17-/m1/s1. The summed E-state index contributed by atoms with van der Waals surface area (Å²) in [6.07, 6.45) is 1.74. The second-order valence-corrected chi connectivity index (χ2v) is 8.94. The number of aryl methyl sites for hydroxylation is 1. The Balaban J connectivity index is 1.52. The van der Waals surface area contributed by atoms with Crippen LogP contribution in [0.2, 0.25) is 0 Å². The number of ether oxygens (including phenoxy) is 1. The summed E-state index contributed by atoms with van der Waals surface area (Å²) in [7, 11) is 1.52. The van der Waals surface area contributed by atoms with Gasteiger partial charge in [-0.15, -0.1) is 0 Å². The Bertz CT molecular complexity index is 1380. The van der Waals surface area contributed by atoms with Gasteiger partial charge in [-0.1, -0.05) is 6.07 Å². The summed E-state index contributed by atoms with van der Waals surface area (Å²) in [4.78, 5) is 29.1. The first-order valence-electron chi connectivity index (χ1n) is 11.4. The van der Waals surface area contributed by atoms with Gasteiger partial charge in [0.15, 0.2) is 0 Å². The number of aromatic nitrogens is 3. The Morgan fingerprint density at radius 1 is 1.09 bits per heavy atom. The van der Waals surface area contributed by atoms with Crippen molar-refractivity contribution in [1.82, 2.24) is 20.3 Å². The molecule has 0 unspecified atom stereocenters. The number of rotatable bonds is 4. The topological polar surface area (TPSA) is 92.3 Å². The van der Waals surface area contributed by atoms with Crippen LogP contribution in [-0.4, -0.2) is 53.1 Å². The van der Waals surface area contributed by atoms with Crippen LogP contribution in [0.1, 0.15) is 29.9 Å². The van der Waals surface area contributed by atoms with Crippen molar-refractivity contribution in [2.75, 3.05) is 30.4 Å². The molecule has 0 spiro atoms. The Hall–Kier alpha value is -3.78. The zero-order valence-electron chi connectivity index (χ0n) is 19.8. The number of pyridine rings is 1. The first kappa shape index (κ1) is 22.0. The van der Waals surface area contributed by atoms with Gasteiger partial charge in [-0.05, 0) is 57.2 Å². The number of piperazine rings is 1. The number of nitrogens with zero attached hydrogens (tertiary/aromatic N) is 4. The van der Waals surface area contributed by atoms with E-state index in [2.05, 4.69) is 44.3 Å². The molecule has 2 aromatic heterocycles. The normalized spacial score (nSPS) is 18.3. The minimum atomic E-state index is -0.237. The molecular weight excluding hydrogens is 428 g/mol. The molecule has 0 radical (unpaired) electrons. The lowest BCUT2D eigenvalue weighted by Crippen LogP contribution is -2.54. The number of carbonyl (C=O) groups excluding carboxylic acids is 1. The van der Waals surface area contributed by atoms with Crippen molar-refractivity contribution in [3.63, 3.8) is 0 Å². The molecule has 2 aromatic carbocycles. The third-order valence-corrected chi connectivity index (χ3v) is 6.12. The molecule has 1 aliphatic rings. The lowest BCUT2D eigenvalue weighted by molar-refractivity contribution is 0.102. The number of amides is 1. The third-order valence-electron chi connectivity index (χ3n) is 6.12. The van der Waals surface area contributed by atoms with Crippen LogP contribution >= 0.6 is 0 Å². The Morgan fingerprint density at radius 2 is 1.88 bits per heavy atom. The van der Waals surface area contributed by atoms with Gasteiger partial charge in [-0.3, -0.25) is 9.78 Å². The second kappa shape index (κ2) is 8.87. The number of nitrogens with one attached hydrogen (secondary N) is 2. The zero-order valence-corrected chi connectivity index (χ0v) is 19.8. The van der Waals surface area contributed by atoms with E-state index in [4.69, 9.17) is 4.74 Å². The predicted molar refractivity (Wildman–Crippen MR) is 135 cm³/mol. The van der Waals surface area contributed by atoms with Gasteiger partial charge >= 0.3 is 6.01 Å². The van der Waals surface area contributed by atoms with Crippen molar-refractivity contribution in [1.29, 1.82) is 0 Å². The van der Waals surface area contributed by atoms with Crippen molar-refractivity contribution in [2.45, 2.75) is 32.9 Å². The fourth-order valence-corrected chi connectivity index (χ4v) is 4.67. The average Bonchev–Trinajstić information content (AvgIpc) is 2.82. The van der Waals surface area contributed by atoms with Gasteiger partial charge in [0.1, 0.15) is 0 Å². The van der Waals surface area contributed by atoms with Crippen molar-refractivity contribution in [2.24, 2.45) is 0 Å². The van der Waals surface area contributed by atoms with Gasteiger partial charge < -0.3 is 20.3 Å². The Labute approximate surface area is 198 Å². The largest absolute Gasteiger partial charge is 0.467 e. The zero-order chi connectivity index (χ0) is 23.8. The second-order valence-electron chi connectivity index (χ2n) is 8.94. The molecule has 2 atom stereocenters. The van der Waals surface area contributed by atoms with Crippen LogP contribution in [0.4, 0.5) is 11.4 Å². The van der Waals surface area contributed by atoms with Crippen molar-refractivity contribution in [3.8, 4) is 6.01 Å². The van der Waals surface area contributed by atoms with E-state index in [1.165, 1.54) is 7.11 Å². The molecular formula is C26H28N6O2. The number of carbonyl (C=O) groups is 1. The van der Waals surface area contributed by atoms with Crippen LogP contribution in [0.3, 0.4) is 0 Å². The Kier molecular flexibility index (Phi) is 5.75. The fraction of sp³-hybridized carbons (Fsp3) is 0.308. The van der Waals surface area contributed by atoms with Crippen molar-refractivity contribution < 1.29 is 9.53 Å². The molecule has 1 saturated heterocycles. The van der Waals surface area contributed by atoms with Crippen LogP contribution in [-0.2, 0) is 0 Å². The van der Waals surface area contributed by atoms with E-state index < -0.39 is 0 Å². The van der Waals surface area contributed by atoms with E-state index in [1.54, 1.807) is 6.20 Å². The average molecular weight is 457 g/mol. The number of methoxy groups -OCH3 is 1. The minimum Gasteiger partial charge on any atom is -0.467 e. The lowest BCUT2D eigenvalue weighted by atomic mass is 10.0. The highest BCUT2D eigenvalue weighted by molar-refractivity contribution is 6.14. The fourth-order valence-electron chi connectivity index (χ4n) is 4.67. The van der Waals surface area contributed by atoms with Crippen LogP contribution in [0.5, 0.6) is 6.01 Å². The maximum Gasteiger partial charge on any atom is 0.316 e. The summed E-state index contributed by atoms with van der Waals surface area (Å²) < 4.78 is 5.27. The molecule has 2 N–H and O–H groups in total. The van der Waals surface area contributed by atoms with Gasteiger partial charge in [0.05, 0.1) is 23.7 Å². The van der Waals surface area contributed by atoms with Crippen molar-refractivity contribution in [3.05, 3.63) is 59.9 Å². The monoisotopic (exact) mass is 456 g/mol. The van der Waals surface area contributed by atoms with Crippen LogP contribution < -0.4 is 20.3 Å².